The molecule has 2 amide bonds. The maximum Gasteiger partial charge on any atom is 0.303 e. The van der Waals surface area contributed by atoms with Gasteiger partial charge in [-0.25, -0.2) is 0 Å². The molecule has 0 saturated carbocycles. The number of carbonyl (C=O) groups is 3. The van der Waals surface area contributed by atoms with Gasteiger partial charge in [-0.15, -0.1) is 0 Å². The molecule has 0 aromatic carbocycles. The number of unbranched alkanes of at least 4 members (excludes halogenated alkanes) is 4. The van der Waals surface area contributed by atoms with Crippen LogP contribution in [0.15, 0.2) is 12.2 Å². The first-order valence-corrected chi connectivity index (χ1v) is 7.85. The SMILES string of the molecule is C=C(C)C(=O)NCCCNC(=O)CCCCCCCC(=O)O. The number of aliphatic carboxylic acids is 1. The first-order valence-electron chi connectivity index (χ1n) is 7.85. The van der Waals surface area contributed by atoms with E-state index in [2.05, 4.69) is 17.2 Å². The lowest BCUT2D eigenvalue weighted by Gasteiger charge is -2.06. The Morgan fingerprint density at radius 1 is 0.864 bits per heavy atom. The first kappa shape index (κ1) is 20.1. The molecule has 6 heteroatoms. The molecule has 0 aliphatic heterocycles. The van der Waals surface area contributed by atoms with Crippen LogP contribution >= 0.6 is 0 Å². The molecule has 0 rings (SSSR count). The molecule has 6 nitrogen and oxygen atoms in total. The van der Waals surface area contributed by atoms with Crippen molar-refractivity contribution in [2.45, 2.75) is 58.3 Å². The highest BCUT2D eigenvalue weighted by Gasteiger charge is 2.02. The minimum atomic E-state index is -0.751. The summed E-state index contributed by atoms with van der Waals surface area (Å²) in [5.74, 6) is -0.884. The smallest absolute Gasteiger partial charge is 0.303 e. The Bertz CT molecular complexity index is 380. The Morgan fingerprint density at radius 2 is 1.41 bits per heavy atom. The molecule has 22 heavy (non-hydrogen) atoms. The molecule has 0 aromatic heterocycles. The van der Waals surface area contributed by atoms with E-state index in [4.69, 9.17) is 5.11 Å². The van der Waals surface area contributed by atoms with Crippen molar-refractivity contribution in [3.05, 3.63) is 12.2 Å². The average Bonchev–Trinajstić information content (AvgIpc) is 2.45. The molecule has 3 N–H and O–H groups in total. The molecule has 0 unspecified atom stereocenters. The Labute approximate surface area is 132 Å². The summed E-state index contributed by atoms with van der Waals surface area (Å²) in [5.41, 5.74) is 0.479. The Balaban J connectivity index is 3.35. The molecular weight excluding hydrogens is 284 g/mol. The molecule has 0 atom stereocenters. The van der Waals surface area contributed by atoms with E-state index in [0.29, 0.717) is 37.9 Å². The van der Waals surface area contributed by atoms with Crippen LogP contribution in [-0.4, -0.2) is 36.0 Å². The largest absolute Gasteiger partial charge is 0.481 e. The van der Waals surface area contributed by atoms with Crippen LogP contribution in [0.4, 0.5) is 0 Å². The highest BCUT2D eigenvalue weighted by atomic mass is 16.4. The quantitative estimate of drug-likeness (QED) is 0.358. The van der Waals surface area contributed by atoms with Crippen LogP contribution in [0, 0.1) is 0 Å². The maximum absolute atomic E-state index is 11.5. The van der Waals surface area contributed by atoms with Gasteiger partial charge in [0.2, 0.25) is 11.8 Å². The molecule has 126 valence electrons. The second-order valence-electron chi connectivity index (χ2n) is 5.40. The lowest BCUT2D eigenvalue weighted by atomic mass is 10.1. The number of rotatable bonds is 13. The summed E-state index contributed by atoms with van der Waals surface area (Å²) in [6.45, 7) is 6.26. The number of hydrogen-bond donors (Lipinski definition) is 3. The molecule has 0 spiro atoms. The van der Waals surface area contributed by atoms with Crippen molar-refractivity contribution in [1.29, 1.82) is 0 Å². The lowest BCUT2D eigenvalue weighted by molar-refractivity contribution is -0.137. The number of amides is 2. The van der Waals surface area contributed by atoms with E-state index < -0.39 is 5.97 Å². The van der Waals surface area contributed by atoms with Crippen molar-refractivity contribution >= 4 is 17.8 Å². The number of carboxylic acid groups (broad SMARTS) is 1. The summed E-state index contributed by atoms with van der Waals surface area (Å²) < 4.78 is 0. The molecule has 0 radical (unpaired) electrons. The zero-order valence-electron chi connectivity index (χ0n) is 13.5. The standard InChI is InChI=1S/C16H28N2O4/c1-13(2)16(22)18-12-8-11-17-14(19)9-6-4-3-5-7-10-15(20)21/h1,3-12H2,2H3,(H,17,19)(H,18,22)(H,20,21). The fourth-order valence-corrected chi connectivity index (χ4v) is 1.85. The van der Waals surface area contributed by atoms with Crippen LogP contribution in [0.25, 0.3) is 0 Å². The van der Waals surface area contributed by atoms with Gasteiger partial charge in [-0.05, 0) is 26.2 Å². The summed E-state index contributed by atoms with van der Waals surface area (Å²) in [4.78, 5) is 33.0. The third-order valence-corrected chi connectivity index (χ3v) is 3.14. The van der Waals surface area contributed by atoms with Gasteiger partial charge in [0.1, 0.15) is 0 Å². The van der Waals surface area contributed by atoms with Gasteiger partial charge >= 0.3 is 5.97 Å². The van der Waals surface area contributed by atoms with E-state index in [9.17, 15) is 14.4 Å². The zero-order chi connectivity index (χ0) is 16.8. The third-order valence-electron chi connectivity index (χ3n) is 3.14. The monoisotopic (exact) mass is 312 g/mol. The fraction of sp³-hybridized carbons (Fsp3) is 0.688. The maximum atomic E-state index is 11.5. The summed E-state index contributed by atoms with van der Waals surface area (Å²) in [6, 6.07) is 0. The summed E-state index contributed by atoms with van der Waals surface area (Å²) in [5, 5.41) is 14.0. The lowest BCUT2D eigenvalue weighted by Crippen LogP contribution is -2.29. The van der Waals surface area contributed by atoms with Gasteiger partial charge in [0.25, 0.3) is 0 Å². The normalized spacial score (nSPS) is 10.0. The number of carbonyl (C=O) groups excluding carboxylic acids is 2. The molecular formula is C16H28N2O4. The molecule has 0 aromatic rings. The minimum Gasteiger partial charge on any atom is -0.481 e. The van der Waals surface area contributed by atoms with E-state index in [-0.39, 0.29) is 18.2 Å². The molecule has 0 aliphatic carbocycles. The van der Waals surface area contributed by atoms with E-state index >= 15 is 0 Å². The van der Waals surface area contributed by atoms with Gasteiger partial charge < -0.3 is 15.7 Å². The predicted octanol–water partition coefficient (Wildman–Crippen LogP) is 2.00. The van der Waals surface area contributed by atoms with Gasteiger partial charge in [0.15, 0.2) is 0 Å². The van der Waals surface area contributed by atoms with Crippen molar-refractivity contribution in [3.8, 4) is 0 Å². The summed E-state index contributed by atoms with van der Waals surface area (Å²) in [6.07, 6.45) is 5.76. The number of hydrogen-bond acceptors (Lipinski definition) is 3. The van der Waals surface area contributed by atoms with Crippen LogP contribution in [0.3, 0.4) is 0 Å². The van der Waals surface area contributed by atoms with E-state index in [1.165, 1.54) is 0 Å². The first-order chi connectivity index (χ1) is 10.4. The van der Waals surface area contributed by atoms with Gasteiger partial charge in [-0.3, -0.25) is 14.4 Å². The fourth-order valence-electron chi connectivity index (χ4n) is 1.85. The van der Waals surface area contributed by atoms with Gasteiger partial charge in [-0.1, -0.05) is 25.8 Å². The van der Waals surface area contributed by atoms with Crippen molar-refractivity contribution in [2.24, 2.45) is 0 Å². The second-order valence-corrected chi connectivity index (χ2v) is 5.40. The van der Waals surface area contributed by atoms with Crippen LogP contribution in [0.5, 0.6) is 0 Å². The Hall–Kier alpha value is -1.85. The van der Waals surface area contributed by atoms with E-state index in [0.717, 1.165) is 25.7 Å². The highest BCUT2D eigenvalue weighted by Crippen LogP contribution is 2.07. The summed E-state index contributed by atoms with van der Waals surface area (Å²) in [7, 11) is 0. The second kappa shape index (κ2) is 12.9. The molecule has 0 fully saturated rings. The molecule has 0 heterocycles. The Morgan fingerprint density at radius 3 is 2.00 bits per heavy atom. The van der Waals surface area contributed by atoms with Crippen LogP contribution < -0.4 is 10.6 Å². The zero-order valence-corrected chi connectivity index (χ0v) is 13.5. The summed E-state index contributed by atoms with van der Waals surface area (Å²) >= 11 is 0. The van der Waals surface area contributed by atoms with Gasteiger partial charge in [0, 0.05) is 31.5 Å². The molecule has 0 saturated heterocycles. The molecule has 0 aliphatic rings. The van der Waals surface area contributed by atoms with Crippen molar-refractivity contribution in [1.82, 2.24) is 10.6 Å². The van der Waals surface area contributed by atoms with E-state index in [1.54, 1.807) is 6.92 Å². The highest BCUT2D eigenvalue weighted by molar-refractivity contribution is 5.92. The van der Waals surface area contributed by atoms with Gasteiger partial charge in [0.05, 0.1) is 0 Å². The van der Waals surface area contributed by atoms with Crippen molar-refractivity contribution in [2.75, 3.05) is 13.1 Å². The number of carboxylic acids is 1. The third kappa shape index (κ3) is 13.1. The van der Waals surface area contributed by atoms with Crippen LogP contribution in [0.2, 0.25) is 0 Å². The van der Waals surface area contributed by atoms with Gasteiger partial charge in [-0.2, -0.15) is 0 Å². The van der Waals surface area contributed by atoms with Crippen LogP contribution in [-0.2, 0) is 14.4 Å². The average molecular weight is 312 g/mol. The van der Waals surface area contributed by atoms with E-state index in [1.807, 2.05) is 0 Å². The van der Waals surface area contributed by atoms with Crippen molar-refractivity contribution in [3.63, 3.8) is 0 Å². The number of nitrogens with one attached hydrogen (secondary N) is 2. The minimum absolute atomic E-state index is 0.0248. The Kier molecular flexibility index (Phi) is 11.8. The topological polar surface area (TPSA) is 95.5 Å². The van der Waals surface area contributed by atoms with Crippen LogP contribution in [0.1, 0.15) is 58.3 Å². The van der Waals surface area contributed by atoms with Crippen molar-refractivity contribution < 1.29 is 19.5 Å². The molecule has 0 bridgehead atoms. The predicted molar refractivity (Wildman–Crippen MR) is 85.4 cm³/mol.